The van der Waals surface area contributed by atoms with Crippen molar-refractivity contribution < 1.29 is 9.50 Å². The quantitative estimate of drug-likeness (QED) is 0.921. The smallest absolute Gasteiger partial charge is 0.126 e. The summed E-state index contributed by atoms with van der Waals surface area (Å²) in [5.74, 6) is -0.140. The second-order valence-electron chi connectivity index (χ2n) is 6.60. The minimum atomic E-state index is -0.319. The molecule has 1 heterocycles. The standard InChI is InChI=1S/C18H26FNO/c19-16-10-5-4-7-14(16)13-17-18(21)11-6-12-20(17)15-8-2-1-3-9-15/h4-5,7,10,15,17-18,21H,1-3,6,8-9,11-13H2/t17-,18-/m0/s1. The highest BCUT2D eigenvalue weighted by Crippen LogP contribution is 2.30. The third kappa shape index (κ3) is 3.46. The highest BCUT2D eigenvalue weighted by molar-refractivity contribution is 5.19. The van der Waals surface area contributed by atoms with Gasteiger partial charge in [-0.1, -0.05) is 37.5 Å². The minimum absolute atomic E-state index is 0.0822. The predicted molar refractivity (Wildman–Crippen MR) is 82.7 cm³/mol. The van der Waals surface area contributed by atoms with Gasteiger partial charge in [-0.3, -0.25) is 4.90 Å². The summed E-state index contributed by atoms with van der Waals surface area (Å²) in [4.78, 5) is 2.49. The molecule has 116 valence electrons. The molecular weight excluding hydrogens is 265 g/mol. The molecule has 3 rings (SSSR count). The summed E-state index contributed by atoms with van der Waals surface area (Å²) in [6, 6.07) is 7.67. The van der Waals surface area contributed by atoms with E-state index in [4.69, 9.17) is 0 Å². The third-order valence-electron chi connectivity index (χ3n) is 5.22. The molecule has 1 aliphatic carbocycles. The van der Waals surface area contributed by atoms with Gasteiger partial charge in [-0.2, -0.15) is 0 Å². The fraction of sp³-hybridized carbons (Fsp3) is 0.667. The van der Waals surface area contributed by atoms with Gasteiger partial charge in [0, 0.05) is 12.1 Å². The Morgan fingerprint density at radius 1 is 1.05 bits per heavy atom. The van der Waals surface area contributed by atoms with E-state index in [1.807, 2.05) is 12.1 Å². The van der Waals surface area contributed by atoms with Crippen LogP contribution in [0.15, 0.2) is 24.3 Å². The fourth-order valence-corrected chi connectivity index (χ4v) is 4.07. The molecule has 2 nitrogen and oxygen atoms in total. The maximum absolute atomic E-state index is 13.9. The van der Waals surface area contributed by atoms with Crippen molar-refractivity contribution in [3.05, 3.63) is 35.6 Å². The second kappa shape index (κ2) is 6.89. The SMILES string of the molecule is O[C@H]1CCCN(C2CCCCC2)[C@H]1Cc1ccccc1F. The molecule has 2 fully saturated rings. The Hall–Kier alpha value is -0.930. The lowest BCUT2D eigenvalue weighted by Crippen LogP contribution is -2.54. The van der Waals surface area contributed by atoms with Crippen LogP contribution >= 0.6 is 0 Å². The van der Waals surface area contributed by atoms with Gasteiger partial charge in [-0.25, -0.2) is 4.39 Å². The second-order valence-corrected chi connectivity index (χ2v) is 6.60. The maximum Gasteiger partial charge on any atom is 0.126 e. The van der Waals surface area contributed by atoms with Gasteiger partial charge >= 0.3 is 0 Å². The number of piperidine rings is 1. The molecule has 1 aliphatic heterocycles. The van der Waals surface area contributed by atoms with Crippen molar-refractivity contribution in [2.45, 2.75) is 69.6 Å². The Morgan fingerprint density at radius 2 is 1.81 bits per heavy atom. The van der Waals surface area contributed by atoms with Crippen molar-refractivity contribution in [1.82, 2.24) is 4.90 Å². The highest BCUT2D eigenvalue weighted by atomic mass is 19.1. The molecule has 0 radical (unpaired) electrons. The monoisotopic (exact) mass is 291 g/mol. The molecule has 1 aromatic carbocycles. The summed E-state index contributed by atoms with van der Waals surface area (Å²) in [6.45, 7) is 1.06. The molecule has 3 heteroatoms. The molecule has 0 unspecified atom stereocenters. The zero-order valence-electron chi connectivity index (χ0n) is 12.7. The summed E-state index contributed by atoms with van der Waals surface area (Å²) < 4.78 is 13.9. The number of aliphatic hydroxyl groups is 1. The van der Waals surface area contributed by atoms with Crippen molar-refractivity contribution >= 4 is 0 Å². The number of rotatable bonds is 3. The zero-order valence-corrected chi connectivity index (χ0v) is 12.7. The first-order valence-electron chi connectivity index (χ1n) is 8.43. The summed E-state index contributed by atoms with van der Waals surface area (Å²) >= 11 is 0. The Morgan fingerprint density at radius 3 is 2.57 bits per heavy atom. The van der Waals surface area contributed by atoms with Gasteiger partial charge in [0.25, 0.3) is 0 Å². The van der Waals surface area contributed by atoms with E-state index in [1.165, 1.54) is 38.2 Å². The van der Waals surface area contributed by atoms with E-state index in [9.17, 15) is 9.50 Å². The largest absolute Gasteiger partial charge is 0.391 e. The molecule has 0 spiro atoms. The van der Waals surface area contributed by atoms with Gasteiger partial charge in [0.1, 0.15) is 5.82 Å². The highest BCUT2D eigenvalue weighted by Gasteiger charge is 2.35. The number of hydrogen-bond donors (Lipinski definition) is 1. The van der Waals surface area contributed by atoms with Gasteiger partial charge in [0.05, 0.1) is 6.10 Å². The van der Waals surface area contributed by atoms with E-state index in [-0.39, 0.29) is 18.0 Å². The van der Waals surface area contributed by atoms with Gasteiger partial charge in [0.15, 0.2) is 0 Å². The molecule has 0 aromatic heterocycles. The van der Waals surface area contributed by atoms with Crippen molar-refractivity contribution in [2.75, 3.05) is 6.54 Å². The average molecular weight is 291 g/mol. The van der Waals surface area contributed by atoms with E-state index < -0.39 is 0 Å². The first-order chi connectivity index (χ1) is 10.3. The van der Waals surface area contributed by atoms with Crippen molar-refractivity contribution in [2.24, 2.45) is 0 Å². The number of benzene rings is 1. The Labute approximate surface area is 127 Å². The van der Waals surface area contributed by atoms with Crippen LogP contribution in [0.5, 0.6) is 0 Å². The summed E-state index contributed by atoms with van der Waals surface area (Å²) in [5, 5.41) is 10.5. The number of aliphatic hydroxyl groups excluding tert-OH is 1. The van der Waals surface area contributed by atoms with Crippen molar-refractivity contribution in [1.29, 1.82) is 0 Å². The van der Waals surface area contributed by atoms with Crippen LogP contribution in [0.2, 0.25) is 0 Å². The molecule has 21 heavy (non-hydrogen) atoms. The first-order valence-corrected chi connectivity index (χ1v) is 8.43. The molecule has 1 saturated carbocycles. The Balaban J connectivity index is 1.76. The Bertz CT molecular complexity index is 458. The molecular formula is C18H26FNO. The van der Waals surface area contributed by atoms with Gasteiger partial charge < -0.3 is 5.11 Å². The number of halogens is 1. The van der Waals surface area contributed by atoms with Gasteiger partial charge in [0.2, 0.25) is 0 Å². The lowest BCUT2D eigenvalue weighted by atomic mass is 9.87. The van der Waals surface area contributed by atoms with E-state index in [1.54, 1.807) is 6.07 Å². The summed E-state index contributed by atoms with van der Waals surface area (Å²) in [5.41, 5.74) is 0.740. The lowest BCUT2D eigenvalue weighted by molar-refractivity contribution is -0.0205. The molecule has 0 amide bonds. The molecule has 1 aromatic rings. The molecule has 2 aliphatic rings. The lowest BCUT2D eigenvalue weighted by Gasteiger charge is -2.45. The van der Waals surface area contributed by atoms with Crippen LogP contribution in [0.25, 0.3) is 0 Å². The molecule has 2 atom stereocenters. The van der Waals surface area contributed by atoms with Crippen molar-refractivity contribution in [3.63, 3.8) is 0 Å². The van der Waals surface area contributed by atoms with Crippen LogP contribution < -0.4 is 0 Å². The fourth-order valence-electron chi connectivity index (χ4n) is 4.07. The van der Waals surface area contributed by atoms with Crippen LogP contribution in [0.4, 0.5) is 4.39 Å². The zero-order chi connectivity index (χ0) is 14.7. The van der Waals surface area contributed by atoms with Crippen LogP contribution in [-0.2, 0) is 6.42 Å². The van der Waals surface area contributed by atoms with E-state index in [0.29, 0.717) is 12.5 Å². The molecule has 1 N–H and O–H groups in total. The van der Waals surface area contributed by atoms with Crippen LogP contribution in [-0.4, -0.2) is 34.7 Å². The number of likely N-dealkylation sites (tertiary alicyclic amines) is 1. The van der Waals surface area contributed by atoms with Gasteiger partial charge in [-0.15, -0.1) is 0 Å². The van der Waals surface area contributed by atoms with Crippen LogP contribution in [0.1, 0.15) is 50.5 Å². The van der Waals surface area contributed by atoms with Crippen LogP contribution in [0.3, 0.4) is 0 Å². The summed E-state index contributed by atoms with van der Waals surface area (Å²) in [7, 11) is 0. The van der Waals surface area contributed by atoms with E-state index >= 15 is 0 Å². The van der Waals surface area contributed by atoms with Crippen LogP contribution in [0, 0.1) is 5.82 Å². The number of hydrogen-bond acceptors (Lipinski definition) is 2. The maximum atomic E-state index is 13.9. The van der Waals surface area contributed by atoms with E-state index in [2.05, 4.69) is 4.90 Å². The minimum Gasteiger partial charge on any atom is -0.391 e. The third-order valence-corrected chi connectivity index (χ3v) is 5.22. The first kappa shape index (κ1) is 15.0. The van der Waals surface area contributed by atoms with Gasteiger partial charge in [-0.05, 0) is 50.3 Å². The average Bonchev–Trinajstić information content (AvgIpc) is 2.52. The predicted octanol–water partition coefficient (Wildman–Crippen LogP) is 3.53. The number of nitrogens with zero attached hydrogens (tertiary/aromatic N) is 1. The normalized spacial score (nSPS) is 28.7. The topological polar surface area (TPSA) is 23.5 Å². The molecule has 0 bridgehead atoms. The molecule has 1 saturated heterocycles. The van der Waals surface area contributed by atoms with E-state index in [0.717, 1.165) is 24.9 Å². The van der Waals surface area contributed by atoms with Crippen molar-refractivity contribution in [3.8, 4) is 0 Å². The Kier molecular flexibility index (Phi) is 4.91. The summed E-state index contributed by atoms with van der Waals surface area (Å²) in [6.07, 6.45) is 8.62.